The Balaban J connectivity index is 2.59. The average Bonchev–Trinajstić information content (AvgIpc) is 2.39. The van der Waals surface area contributed by atoms with E-state index in [4.69, 9.17) is 0 Å². The van der Waals surface area contributed by atoms with Crippen molar-refractivity contribution < 1.29 is 27.3 Å². The van der Waals surface area contributed by atoms with E-state index in [1.54, 1.807) is 0 Å². The first kappa shape index (κ1) is 16.2. The van der Waals surface area contributed by atoms with Gasteiger partial charge in [0.2, 0.25) is 0 Å². The standard InChI is InChI=1S/C13H12F4N2O3/c1-12(17)5-9(15)13(2,18-11(12)20)7-3-6(19(21)22)4-8(14)10(7)16/h3-4,9H,5H2,1-2H3,(H,18,20)/t9-,12+,13+/m0/s1. The summed E-state index contributed by atoms with van der Waals surface area (Å²) in [5.74, 6) is -4.28. The number of halogens is 4. The minimum atomic E-state index is -2.51. The van der Waals surface area contributed by atoms with E-state index >= 15 is 0 Å². The third-order valence-corrected chi connectivity index (χ3v) is 3.82. The molecule has 0 unspecified atom stereocenters. The minimum Gasteiger partial charge on any atom is -0.341 e. The predicted molar refractivity (Wildman–Crippen MR) is 67.5 cm³/mol. The van der Waals surface area contributed by atoms with E-state index in [1.807, 2.05) is 5.32 Å². The molecule has 1 amide bonds. The van der Waals surface area contributed by atoms with Crippen molar-refractivity contribution in [2.24, 2.45) is 0 Å². The summed E-state index contributed by atoms with van der Waals surface area (Å²) in [7, 11) is 0. The van der Waals surface area contributed by atoms with Crippen molar-refractivity contribution in [2.75, 3.05) is 0 Å². The molecule has 1 aromatic rings. The van der Waals surface area contributed by atoms with E-state index in [2.05, 4.69) is 0 Å². The first-order valence-corrected chi connectivity index (χ1v) is 6.28. The number of hydrogen-bond donors (Lipinski definition) is 1. The molecule has 0 aromatic heterocycles. The summed E-state index contributed by atoms with van der Waals surface area (Å²) in [4.78, 5) is 21.4. The van der Waals surface area contributed by atoms with Gasteiger partial charge in [-0.2, -0.15) is 0 Å². The van der Waals surface area contributed by atoms with Crippen LogP contribution in [0, 0.1) is 21.7 Å². The molecule has 0 spiro atoms. The highest BCUT2D eigenvalue weighted by molar-refractivity contribution is 5.86. The lowest BCUT2D eigenvalue weighted by Gasteiger charge is -2.42. The molecule has 0 bridgehead atoms. The summed E-state index contributed by atoms with van der Waals surface area (Å²) in [6.45, 7) is 1.88. The summed E-state index contributed by atoms with van der Waals surface area (Å²) >= 11 is 0. The van der Waals surface area contributed by atoms with Crippen LogP contribution in [0.2, 0.25) is 0 Å². The minimum absolute atomic E-state index is 0.347. The summed E-state index contributed by atoms with van der Waals surface area (Å²) < 4.78 is 55.6. The van der Waals surface area contributed by atoms with E-state index in [-0.39, 0.29) is 0 Å². The SMILES string of the molecule is C[C@@]1(F)C[C@H](F)[C@@](C)(c2cc([N+](=O)[O-])cc(F)c2F)NC1=O. The number of hydrogen-bond acceptors (Lipinski definition) is 3. The lowest BCUT2D eigenvalue weighted by molar-refractivity contribution is -0.385. The van der Waals surface area contributed by atoms with Crippen LogP contribution in [0.15, 0.2) is 12.1 Å². The molecule has 22 heavy (non-hydrogen) atoms. The van der Waals surface area contributed by atoms with Gasteiger partial charge >= 0.3 is 0 Å². The van der Waals surface area contributed by atoms with Crippen LogP contribution >= 0.6 is 0 Å². The monoisotopic (exact) mass is 320 g/mol. The Kier molecular flexibility index (Phi) is 3.62. The van der Waals surface area contributed by atoms with Gasteiger partial charge in [-0.05, 0) is 13.8 Å². The Morgan fingerprint density at radius 1 is 1.36 bits per heavy atom. The van der Waals surface area contributed by atoms with Crippen molar-refractivity contribution in [3.8, 4) is 0 Å². The van der Waals surface area contributed by atoms with Gasteiger partial charge in [-0.1, -0.05) is 0 Å². The number of non-ortho nitro benzene ring substituents is 1. The number of amides is 1. The highest BCUT2D eigenvalue weighted by atomic mass is 19.2. The fourth-order valence-corrected chi connectivity index (χ4v) is 2.37. The van der Waals surface area contributed by atoms with Crippen molar-refractivity contribution >= 4 is 11.6 Å². The summed E-state index contributed by atoms with van der Waals surface area (Å²) in [6, 6.07) is 0.978. The normalized spacial score (nSPS) is 31.7. The van der Waals surface area contributed by atoms with Gasteiger partial charge in [0.15, 0.2) is 17.3 Å². The molecule has 1 fully saturated rings. The molecular weight excluding hydrogens is 308 g/mol. The fraction of sp³-hybridized carbons (Fsp3) is 0.462. The number of carbonyl (C=O) groups excluding carboxylic acids is 1. The van der Waals surface area contributed by atoms with E-state index in [0.29, 0.717) is 12.1 Å². The average molecular weight is 320 g/mol. The Hall–Kier alpha value is -2.19. The number of piperidine rings is 1. The lowest BCUT2D eigenvalue weighted by Crippen LogP contribution is -2.62. The quantitative estimate of drug-likeness (QED) is 0.517. The van der Waals surface area contributed by atoms with Crippen LogP contribution < -0.4 is 5.32 Å². The molecule has 1 heterocycles. The molecule has 1 aliphatic heterocycles. The number of alkyl halides is 2. The summed E-state index contributed by atoms with van der Waals surface area (Å²) in [5.41, 5.74) is -6.16. The molecule has 120 valence electrons. The number of nitro groups is 1. The molecule has 0 aliphatic carbocycles. The van der Waals surface area contributed by atoms with E-state index in [0.717, 1.165) is 13.8 Å². The van der Waals surface area contributed by atoms with Gasteiger partial charge in [0.25, 0.3) is 11.6 Å². The van der Waals surface area contributed by atoms with Crippen LogP contribution in [-0.4, -0.2) is 22.7 Å². The van der Waals surface area contributed by atoms with Crippen molar-refractivity contribution in [2.45, 2.75) is 37.6 Å². The molecule has 2 rings (SSSR count). The number of nitro benzene ring substituents is 1. The zero-order valence-corrected chi connectivity index (χ0v) is 11.6. The van der Waals surface area contributed by atoms with Crippen molar-refractivity contribution in [3.63, 3.8) is 0 Å². The Morgan fingerprint density at radius 2 is 1.95 bits per heavy atom. The number of rotatable bonds is 2. The van der Waals surface area contributed by atoms with Gasteiger partial charge < -0.3 is 5.32 Å². The molecule has 3 atom stereocenters. The molecular formula is C13H12F4N2O3. The van der Waals surface area contributed by atoms with Gasteiger partial charge in [0, 0.05) is 18.1 Å². The van der Waals surface area contributed by atoms with E-state index < -0.39 is 57.5 Å². The van der Waals surface area contributed by atoms with Gasteiger partial charge in [-0.3, -0.25) is 14.9 Å². The maximum absolute atomic E-state index is 14.3. The van der Waals surface area contributed by atoms with Gasteiger partial charge in [0.1, 0.15) is 6.17 Å². The number of benzene rings is 1. The molecule has 1 saturated heterocycles. The largest absolute Gasteiger partial charge is 0.341 e. The van der Waals surface area contributed by atoms with Crippen LogP contribution in [0.5, 0.6) is 0 Å². The van der Waals surface area contributed by atoms with Crippen molar-refractivity contribution in [1.29, 1.82) is 0 Å². The molecule has 1 aliphatic rings. The fourth-order valence-electron chi connectivity index (χ4n) is 2.37. The first-order chi connectivity index (χ1) is 9.99. The maximum Gasteiger partial charge on any atom is 0.272 e. The molecule has 5 nitrogen and oxygen atoms in total. The van der Waals surface area contributed by atoms with Gasteiger partial charge in [-0.25, -0.2) is 17.6 Å². The Labute approximate surface area is 122 Å². The third-order valence-electron chi connectivity index (χ3n) is 3.82. The van der Waals surface area contributed by atoms with Crippen LogP contribution in [0.1, 0.15) is 25.8 Å². The van der Waals surface area contributed by atoms with Crippen molar-refractivity contribution in [1.82, 2.24) is 5.32 Å². The van der Waals surface area contributed by atoms with E-state index in [1.165, 1.54) is 0 Å². The van der Waals surface area contributed by atoms with Crippen LogP contribution in [0.25, 0.3) is 0 Å². The molecule has 1 N–H and O–H groups in total. The second-order valence-electron chi connectivity index (χ2n) is 5.57. The predicted octanol–water partition coefficient (Wildman–Crippen LogP) is 2.67. The van der Waals surface area contributed by atoms with Crippen molar-refractivity contribution in [3.05, 3.63) is 39.4 Å². The maximum atomic E-state index is 14.3. The van der Waals surface area contributed by atoms with Crippen LogP contribution in [-0.2, 0) is 10.3 Å². The number of nitrogens with one attached hydrogen (secondary N) is 1. The Bertz CT molecular complexity index is 665. The summed E-state index contributed by atoms with van der Waals surface area (Å²) in [5, 5.41) is 12.7. The topological polar surface area (TPSA) is 72.2 Å². The van der Waals surface area contributed by atoms with Gasteiger partial charge in [0.05, 0.1) is 16.5 Å². The highest BCUT2D eigenvalue weighted by Gasteiger charge is 2.53. The zero-order valence-electron chi connectivity index (χ0n) is 11.6. The molecule has 0 saturated carbocycles. The van der Waals surface area contributed by atoms with Crippen LogP contribution in [0.4, 0.5) is 23.2 Å². The van der Waals surface area contributed by atoms with Crippen LogP contribution in [0.3, 0.4) is 0 Å². The zero-order chi connectivity index (χ0) is 16.9. The lowest BCUT2D eigenvalue weighted by atomic mass is 9.77. The molecule has 0 radical (unpaired) electrons. The molecule has 1 aromatic carbocycles. The first-order valence-electron chi connectivity index (χ1n) is 6.28. The Morgan fingerprint density at radius 3 is 2.50 bits per heavy atom. The molecule has 9 heteroatoms. The third kappa shape index (κ3) is 2.40. The highest BCUT2D eigenvalue weighted by Crippen LogP contribution is 2.40. The second kappa shape index (κ2) is 4.92. The second-order valence-corrected chi connectivity index (χ2v) is 5.57. The van der Waals surface area contributed by atoms with E-state index in [9.17, 15) is 32.5 Å². The number of nitrogens with zero attached hydrogens (tertiary/aromatic N) is 1. The summed E-state index contributed by atoms with van der Waals surface area (Å²) in [6.07, 6.45) is -2.98. The number of carbonyl (C=O) groups is 1. The van der Waals surface area contributed by atoms with Gasteiger partial charge in [-0.15, -0.1) is 0 Å². The smallest absolute Gasteiger partial charge is 0.272 e.